The first-order chi connectivity index (χ1) is 21.4. The number of aliphatic carboxylic acids is 1. The van der Waals surface area contributed by atoms with Gasteiger partial charge in [-0.3, -0.25) is 9.69 Å². The first kappa shape index (κ1) is 33.6. The Labute approximate surface area is 263 Å². The number of nitrogens with zero attached hydrogens (tertiary/aromatic N) is 1. The van der Waals surface area contributed by atoms with Crippen molar-refractivity contribution < 1.29 is 27.8 Å². The van der Waals surface area contributed by atoms with Gasteiger partial charge in [0, 0.05) is 55.2 Å². The fourth-order valence-electron chi connectivity index (χ4n) is 6.08. The van der Waals surface area contributed by atoms with Crippen LogP contribution >= 0.6 is 0 Å². The second kappa shape index (κ2) is 14.7. The summed E-state index contributed by atoms with van der Waals surface area (Å²) in [5.41, 5.74) is 10.9. The van der Waals surface area contributed by atoms with E-state index in [1.165, 1.54) is 6.07 Å². The molecule has 45 heavy (non-hydrogen) atoms. The Hall–Kier alpha value is -4.30. The van der Waals surface area contributed by atoms with Crippen molar-refractivity contribution in [2.45, 2.75) is 64.5 Å². The van der Waals surface area contributed by atoms with E-state index in [-0.39, 0.29) is 36.8 Å². The Morgan fingerprint density at radius 2 is 1.78 bits per heavy atom. The maximum atomic E-state index is 13.9. The number of carboxylic acids is 1. The predicted octanol–water partition coefficient (Wildman–Crippen LogP) is 8.61. The van der Waals surface area contributed by atoms with Gasteiger partial charge in [-0.2, -0.15) is 0 Å². The van der Waals surface area contributed by atoms with Crippen molar-refractivity contribution in [2.75, 3.05) is 13.7 Å². The molecule has 5 rings (SSSR count). The molecule has 3 N–H and O–H groups in total. The third kappa shape index (κ3) is 8.25. The van der Waals surface area contributed by atoms with Gasteiger partial charge in [-0.1, -0.05) is 68.1 Å². The molecular formula is C37H41F3N2O3. The molecule has 1 aliphatic rings. The highest BCUT2D eigenvalue weighted by Crippen LogP contribution is 2.38. The Morgan fingerprint density at radius 1 is 1.07 bits per heavy atom. The Balaban J connectivity index is 0.000000354. The molecule has 0 aromatic heterocycles. The fourth-order valence-corrected chi connectivity index (χ4v) is 6.08. The number of rotatable bonds is 9. The number of halogens is 3. The monoisotopic (exact) mass is 618 g/mol. The first-order valence-electron chi connectivity index (χ1n) is 15.2. The molecule has 1 unspecified atom stereocenters. The van der Waals surface area contributed by atoms with Crippen molar-refractivity contribution in [3.63, 3.8) is 0 Å². The average molecular weight is 619 g/mol. The van der Waals surface area contributed by atoms with Gasteiger partial charge in [0.05, 0.1) is 7.11 Å². The summed E-state index contributed by atoms with van der Waals surface area (Å²) in [5.74, 6) is -2.96. The number of ether oxygens (including phenoxy) is 1. The van der Waals surface area contributed by atoms with Gasteiger partial charge in [-0.25, -0.2) is 13.2 Å². The molecular weight excluding hydrogens is 577 g/mol. The molecule has 1 heterocycles. The van der Waals surface area contributed by atoms with Gasteiger partial charge >= 0.3 is 5.97 Å². The molecule has 1 saturated heterocycles. The molecule has 4 aromatic carbocycles. The Morgan fingerprint density at radius 3 is 2.42 bits per heavy atom. The van der Waals surface area contributed by atoms with E-state index in [2.05, 4.69) is 17.5 Å². The minimum atomic E-state index is -2.58. The molecule has 0 spiro atoms. The average Bonchev–Trinajstić information content (AvgIpc) is 3.00. The molecule has 5 nitrogen and oxygen atoms in total. The van der Waals surface area contributed by atoms with Crippen LogP contribution in [0.2, 0.25) is 0 Å². The summed E-state index contributed by atoms with van der Waals surface area (Å²) in [4.78, 5) is 13.3. The molecule has 8 heteroatoms. The highest BCUT2D eigenvalue weighted by Gasteiger charge is 2.39. The van der Waals surface area contributed by atoms with Crippen molar-refractivity contribution in [2.24, 2.45) is 5.73 Å². The van der Waals surface area contributed by atoms with E-state index in [4.69, 9.17) is 15.6 Å². The van der Waals surface area contributed by atoms with E-state index in [0.717, 1.165) is 44.3 Å². The van der Waals surface area contributed by atoms with Crippen LogP contribution in [0.5, 0.6) is 5.75 Å². The van der Waals surface area contributed by atoms with E-state index in [1.807, 2.05) is 55.5 Å². The summed E-state index contributed by atoms with van der Waals surface area (Å²) >= 11 is 0. The number of nitrogens with two attached hydrogens (primary N) is 1. The van der Waals surface area contributed by atoms with Gasteiger partial charge in [0.25, 0.3) is 5.92 Å². The van der Waals surface area contributed by atoms with Crippen LogP contribution in [0, 0.1) is 12.7 Å². The number of benzene rings is 4. The number of aryl methyl sites for hydroxylation is 2. The quantitative estimate of drug-likeness (QED) is 0.197. The van der Waals surface area contributed by atoms with E-state index < -0.39 is 11.9 Å². The largest absolute Gasteiger partial charge is 0.496 e. The number of fused-ring (bicyclic) bond motifs is 1. The number of likely N-dealkylation sites (tertiary alicyclic amines) is 1. The smallest absolute Gasteiger partial charge is 0.303 e. The summed E-state index contributed by atoms with van der Waals surface area (Å²) in [5, 5.41) is 11.2. The molecule has 1 fully saturated rings. The lowest BCUT2D eigenvalue weighted by atomic mass is 9.92. The lowest BCUT2D eigenvalue weighted by molar-refractivity contribution is -0.136. The summed E-state index contributed by atoms with van der Waals surface area (Å²) < 4.78 is 46.5. The molecule has 0 bridgehead atoms. The van der Waals surface area contributed by atoms with Crippen LogP contribution in [0.4, 0.5) is 13.2 Å². The molecule has 0 radical (unpaired) electrons. The molecule has 1 atom stereocenters. The fraction of sp³-hybridized carbons (Fsp3) is 0.324. The number of carboxylic acid groups (broad SMARTS) is 1. The van der Waals surface area contributed by atoms with Crippen molar-refractivity contribution in [3.05, 3.63) is 107 Å². The summed E-state index contributed by atoms with van der Waals surface area (Å²) in [6.07, 6.45) is 1.05. The number of piperidine rings is 1. The lowest BCUT2D eigenvalue weighted by Gasteiger charge is -2.39. The second-order valence-electron chi connectivity index (χ2n) is 11.5. The number of hydrogen-bond donors (Lipinski definition) is 2. The van der Waals surface area contributed by atoms with Gasteiger partial charge in [0.1, 0.15) is 11.6 Å². The number of methoxy groups -OCH3 is 1. The van der Waals surface area contributed by atoms with Gasteiger partial charge in [-0.05, 0) is 71.0 Å². The minimum absolute atomic E-state index is 0.0790. The van der Waals surface area contributed by atoms with Crippen LogP contribution in [0.25, 0.3) is 27.6 Å². The molecule has 0 saturated carbocycles. The van der Waals surface area contributed by atoms with Crippen molar-refractivity contribution >= 4 is 22.4 Å². The van der Waals surface area contributed by atoms with E-state index in [1.54, 1.807) is 26.2 Å². The minimum Gasteiger partial charge on any atom is -0.496 e. The summed E-state index contributed by atoms with van der Waals surface area (Å²) in [6, 6.07) is 22.7. The first-order valence-corrected chi connectivity index (χ1v) is 15.2. The van der Waals surface area contributed by atoms with E-state index >= 15 is 0 Å². The SMILES string of the molecule is C=C(N)c1c(C)cccc1F.CCC1CC(F)(F)CCN1Cc1ccc(OC)c(-c2cccc3c(CCC(=O)O)cccc23)c1. The summed E-state index contributed by atoms with van der Waals surface area (Å²) in [6.45, 7) is 8.25. The summed E-state index contributed by atoms with van der Waals surface area (Å²) in [7, 11) is 1.64. The highest BCUT2D eigenvalue weighted by atomic mass is 19.3. The van der Waals surface area contributed by atoms with Gasteiger partial charge in [0.15, 0.2) is 0 Å². The zero-order valence-electron chi connectivity index (χ0n) is 26.1. The molecule has 0 aliphatic carbocycles. The van der Waals surface area contributed by atoms with E-state index in [9.17, 15) is 18.0 Å². The van der Waals surface area contributed by atoms with Crippen LogP contribution in [-0.2, 0) is 17.8 Å². The standard InChI is InChI=1S/C28H31F2NO3.C9H10FN/c1-3-21-17-28(29,30)14-15-31(21)18-19-10-12-26(34-2)25(16-19)24-9-5-7-22-20(11-13-27(32)33)6-4-8-23(22)24;1-6-4-3-5-8(10)9(6)7(2)11/h4-10,12,16,21H,3,11,13-15,17-18H2,1-2H3,(H,32,33);3-5H,2,11H2,1H3. The maximum absolute atomic E-state index is 13.9. The van der Waals surface area contributed by atoms with Crippen molar-refractivity contribution in [3.8, 4) is 16.9 Å². The van der Waals surface area contributed by atoms with Crippen LogP contribution in [0.3, 0.4) is 0 Å². The zero-order chi connectivity index (χ0) is 32.7. The molecule has 0 amide bonds. The third-order valence-corrected chi connectivity index (χ3v) is 8.39. The predicted molar refractivity (Wildman–Crippen MR) is 175 cm³/mol. The Kier molecular flexibility index (Phi) is 10.9. The highest BCUT2D eigenvalue weighted by molar-refractivity contribution is 5.99. The van der Waals surface area contributed by atoms with Crippen molar-refractivity contribution in [1.29, 1.82) is 0 Å². The van der Waals surface area contributed by atoms with Crippen LogP contribution in [0.15, 0.2) is 79.4 Å². The van der Waals surface area contributed by atoms with Crippen LogP contribution in [-0.4, -0.2) is 41.6 Å². The number of alkyl halides is 2. The topological polar surface area (TPSA) is 75.8 Å². The molecule has 4 aromatic rings. The number of carbonyl (C=O) groups is 1. The zero-order valence-corrected chi connectivity index (χ0v) is 26.1. The third-order valence-electron chi connectivity index (χ3n) is 8.39. The maximum Gasteiger partial charge on any atom is 0.303 e. The normalized spacial score (nSPS) is 16.1. The Bertz CT molecular complexity index is 1650. The number of hydrogen-bond acceptors (Lipinski definition) is 4. The van der Waals surface area contributed by atoms with Crippen molar-refractivity contribution in [1.82, 2.24) is 4.90 Å². The van der Waals surface area contributed by atoms with Crippen LogP contribution in [0.1, 0.15) is 54.9 Å². The van der Waals surface area contributed by atoms with Gasteiger partial charge < -0.3 is 15.6 Å². The van der Waals surface area contributed by atoms with E-state index in [0.29, 0.717) is 31.5 Å². The second-order valence-corrected chi connectivity index (χ2v) is 11.5. The van der Waals surface area contributed by atoms with Gasteiger partial charge in [0.2, 0.25) is 0 Å². The molecule has 238 valence electrons. The lowest BCUT2D eigenvalue weighted by Crippen LogP contribution is -2.46. The van der Waals surface area contributed by atoms with Crippen LogP contribution < -0.4 is 10.5 Å². The molecule has 1 aliphatic heterocycles. The van der Waals surface area contributed by atoms with Gasteiger partial charge in [-0.15, -0.1) is 0 Å².